The van der Waals surface area contributed by atoms with Crippen molar-refractivity contribution in [3.05, 3.63) is 53.1 Å². The van der Waals surface area contributed by atoms with Crippen LogP contribution in [0.25, 0.3) is 0 Å². The molecule has 0 aliphatic carbocycles. The summed E-state index contributed by atoms with van der Waals surface area (Å²) in [6.45, 7) is 2.12. The van der Waals surface area contributed by atoms with Gasteiger partial charge < -0.3 is 14.2 Å². The number of unbranched alkanes of at least 4 members (excludes halogenated alkanes) is 2. The summed E-state index contributed by atoms with van der Waals surface area (Å²) in [5.41, 5.74) is 2.31. The van der Waals surface area contributed by atoms with Crippen molar-refractivity contribution < 1.29 is 23.8 Å². The quantitative estimate of drug-likeness (QED) is 0.273. The molecule has 0 fully saturated rings. The lowest BCUT2D eigenvalue weighted by Crippen LogP contribution is -2.11. The van der Waals surface area contributed by atoms with Crippen LogP contribution < -0.4 is 4.74 Å². The highest BCUT2D eigenvalue weighted by atomic mass is 16.5. The molecule has 5 heteroatoms. The maximum absolute atomic E-state index is 12.4. The Bertz CT molecular complexity index is 641. The summed E-state index contributed by atoms with van der Waals surface area (Å²) in [6, 6.07) is 7.53. The minimum absolute atomic E-state index is 0.387. The first-order valence-electron chi connectivity index (χ1n) is 8.75. The SMILES string of the molecule is CCCCCC(/C=C/C(=O)OC)=C(/Cc1ccc(OC)cc1)C(=O)OC. The standard InChI is InChI=1S/C21H28O5/c1-5-6-7-8-17(11-14-20(22)25-3)19(21(23)26-4)15-16-9-12-18(24-2)13-10-16/h9-14H,5-8,15H2,1-4H3/b14-11+,19-17+. The Balaban J connectivity index is 3.19. The van der Waals surface area contributed by atoms with Gasteiger partial charge in [0.05, 0.1) is 21.3 Å². The van der Waals surface area contributed by atoms with Gasteiger partial charge in [-0.05, 0) is 36.1 Å². The number of hydrogen-bond donors (Lipinski definition) is 0. The Hall–Kier alpha value is -2.56. The van der Waals surface area contributed by atoms with Gasteiger partial charge in [-0.3, -0.25) is 0 Å². The van der Waals surface area contributed by atoms with E-state index in [1.807, 2.05) is 24.3 Å². The molecule has 0 heterocycles. The minimum atomic E-state index is -0.452. The molecule has 0 saturated heterocycles. The van der Waals surface area contributed by atoms with Gasteiger partial charge in [0.1, 0.15) is 5.75 Å². The summed E-state index contributed by atoms with van der Waals surface area (Å²) in [6.07, 6.45) is 7.17. The van der Waals surface area contributed by atoms with Crippen molar-refractivity contribution in [2.24, 2.45) is 0 Å². The van der Waals surface area contributed by atoms with Gasteiger partial charge in [0, 0.05) is 18.1 Å². The Labute approximate surface area is 155 Å². The summed E-state index contributed by atoms with van der Waals surface area (Å²) < 4.78 is 14.8. The van der Waals surface area contributed by atoms with Gasteiger partial charge in [-0.25, -0.2) is 9.59 Å². The van der Waals surface area contributed by atoms with Crippen LogP contribution in [-0.2, 0) is 25.5 Å². The topological polar surface area (TPSA) is 61.8 Å². The van der Waals surface area contributed by atoms with E-state index >= 15 is 0 Å². The van der Waals surface area contributed by atoms with Gasteiger partial charge in [-0.15, -0.1) is 0 Å². The number of rotatable bonds is 10. The molecule has 1 aromatic carbocycles. The number of esters is 2. The Kier molecular flexibility index (Phi) is 9.83. The average molecular weight is 360 g/mol. The maximum atomic E-state index is 12.4. The molecule has 142 valence electrons. The van der Waals surface area contributed by atoms with Crippen LogP contribution in [0.4, 0.5) is 0 Å². The maximum Gasteiger partial charge on any atom is 0.334 e. The fourth-order valence-electron chi connectivity index (χ4n) is 2.52. The highest BCUT2D eigenvalue weighted by Gasteiger charge is 2.16. The monoisotopic (exact) mass is 360 g/mol. The lowest BCUT2D eigenvalue weighted by Gasteiger charge is -2.12. The molecule has 0 saturated carbocycles. The van der Waals surface area contributed by atoms with Gasteiger partial charge in [-0.2, -0.15) is 0 Å². The van der Waals surface area contributed by atoms with Gasteiger partial charge in [-0.1, -0.05) is 38.0 Å². The second-order valence-electron chi connectivity index (χ2n) is 5.83. The predicted molar refractivity (Wildman–Crippen MR) is 101 cm³/mol. The van der Waals surface area contributed by atoms with Crippen molar-refractivity contribution in [2.75, 3.05) is 21.3 Å². The van der Waals surface area contributed by atoms with Gasteiger partial charge in [0.2, 0.25) is 0 Å². The van der Waals surface area contributed by atoms with E-state index in [1.165, 1.54) is 20.3 Å². The van der Waals surface area contributed by atoms with Gasteiger partial charge in [0.25, 0.3) is 0 Å². The van der Waals surface area contributed by atoms with Crippen LogP contribution in [0.3, 0.4) is 0 Å². The fourth-order valence-corrected chi connectivity index (χ4v) is 2.52. The van der Waals surface area contributed by atoms with E-state index in [0.717, 1.165) is 36.1 Å². The highest BCUT2D eigenvalue weighted by Crippen LogP contribution is 2.22. The molecule has 0 aromatic heterocycles. The smallest absolute Gasteiger partial charge is 0.334 e. The summed E-state index contributed by atoms with van der Waals surface area (Å²) in [5, 5.41) is 0. The first-order valence-corrected chi connectivity index (χ1v) is 8.75. The third kappa shape index (κ3) is 7.13. The third-order valence-electron chi connectivity index (χ3n) is 4.03. The highest BCUT2D eigenvalue weighted by molar-refractivity contribution is 5.91. The van der Waals surface area contributed by atoms with E-state index in [9.17, 15) is 9.59 Å². The zero-order valence-corrected chi connectivity index (χ0v) is 16.0. The molecular formula is C21H28O5. The van der Waals surface area contributed by atoms with E-state index in [1.54, 1.807) is 13.2 Å². The molecule has 1 aromatic rings. The molecular weight excluding hydrogens is 332 g/mol. The van der Waals surface area contributed by atoms with E-state index < -0.39 is 5.97 Å². The van der Waals surface area contributed by atoms with Crippen molar-refractivity contribution in [3.63, 3.8) is 0 Å². The number of hydrogen-bond acceptors (Lipinski definition) is 5. The Morgan fingerprint density at radius 2 is 1.65 bits per heavy atom. The first-order chi connectivity index (χ1) is 12.5. The lowest BCUT2D eigenvalue weighted by molar-refractivity contribution is -0.136. The summed E-state index contributed by atoms with van der Waals surface area (Å²) >= 11 is 0. The van der Waals surface area contributed by atoms with E-state index in [2.05, 4.69) is 11.7 Å². The second kappa shape index (κ2) is 11.9. The van der Waals surface area contributed by atoms with Crippen LogP contribution in [-0.4, -0.2) is 33.3 Å². The number of methoxy groups -OCH3 is 3. The number of allylic oxidation sites excluding steroid dienone is 2. The zero-order valence-electron chi connectivity index (χ0n) is 16.0. The molecule has 0 radical (unpaired) electrons. The Morgan fingerprint density at radius 3 is 2.19 bits per heavy atom. The molecule has 0 bridgehead atoms. The average Bonchev–Trinajstić information content (AvgIpc) is 2.68. The third-order valence-corrected chi connectivity index (χ3v) is 4.03. The molecule has 0 atom stereocenters. The van der Waals surface area contributed by atoms with E-state index in [4.69, 9.17) is 9.47 Å². The van der Waals surface area contributed by atoms with Crippen molar-refractivity contribution >= 4 is 11.9 Å². The van der Waals surface area contributed by atoms with Crippen molar-refractivity contribution in [2.45, 2.75) is 39.0 Å². The molecule has 1 rings (SSSR count). The number of carbonyl (C=O) groups excluding carboxylic acids is 2. The molecule has 5 nitrogen and oxygen atoms in total. The van der Waals surface area contributed by atoms with Gasteiger partial charge in [0.15, 0.2) is 0 Å². The lowest BCUT2D eigenvalue weighted by atomic mass is 9.95. The normalized spacial score (nSPS) is 11.8. The zero-order chi connectivity index (χ0) is 19.4. The van der Waals surface area contributed by atoms with Crippen molar-refractivity contribution in [3.8, 4) is 5.75 Å². The Morgan fingerprint density at radius 1 is 0.962 bits per heavy atom. The molecule has 0 amide bonds. The largest absolute Gasteiger partial charge is 0.497 e. The molecule has 0 unspecified atom stereocenters. The molecule has 0 aliphatic rings. The summed E-state index contributed by atoms with van der Waals surface area (Å²) in [4.78, 5) is 23.8. The second-order valence-corrected chi connectivity index (χ2v) is 5.83. The van der Waals surface area contributed by atoms with Crippen molar-refractivity contribution in [1.82, 2.24) is 0 Å². The van der Waals surface area contributed by atoms with Crippen LogP contribution in [0.15, 0.2) is 47.6 Å². The predicted octanol–water partition coefficient (Wildman–Crippen LogP) is 4.02. The fraction of sp³-hybridized carbons (Fsp3) is 0.429. The van der Waals surface area contributed by atoms with E-state index in [0.29, 0.717) is 18.4 Å². The molecule has 26 heavy (non-hydrogen) atoms. The van der Waals surface area contributed by atoms with Crippen LogP contribution >= 0.6 is 0 Å². The van der Waals surface area contributed by atoms with Crippen LogP contribution in [0.2, 0.25) is 0 Å². The van der Waals surface area contributed by atoms with E-state index in [-0.39, 0.29) is 5.97 Å². The number of carbonyl (C=O) groups is 2. The molecule has 0 N–H and O–H groups in total. The number of ether oxygens (including phenoxy) is 3. The van der Waals surface area contributed by atoms with Crippen LogP contribution in [0, 0.1) is 0 Å². The van der Waals surface area contributed by atoms with Crippen molar-refractivity contribution in [1.29, 1.82) is 0 Å². The molecule has 0 aliphatic heterocycles. The van der Waals surface area contributed by atoms with Crippen LogP contribution in [0.1, 0.15) is 38.2 Å². The first kappa shape index (κ1) is 21.5. The van der Waals surface area contributed by atoms with Crippen LogP contribution in [0.5, 0.6) is 5.75 Å². The minimum Gasteiger partial charge on any atom is -0.497 e. The number of benzene rings is 1. The molecule has 0 spiro atoms. The summed E-state index contributed by atoms with van der Waals surface area (Å²) in [5.74, 6) is -0.0837. The van der Waals surface area contributed by atoms with Gasteiger partial charge >= 0.3 is 11.9 Å². The summed E-state index contributed by atoms with van der Waals surface area (Å²) in [7, 11) is 4.30.